The van der Waals surface area contributed by atoms with Gasteiger partial charge in [0, 0.05) is 38.0 Å². The zero-order valence-electron chi connectivity index (χ0n) is 31.2. The Bertz CT molecular complexity index is 1700. The largest absolute Gasteiger partial charge is 0.459 e. The molecular formula is C39H51NO13S. The highest BCUT2D eigenvalue weighted by Crippen LogP contribution is 2.64. The summed E-state index contributed by atoms with van der Waals surface area (Å²) in [5, 5.41) is 51.5. The monoisotopic (exact) mass is 773 g/mol. The van der Waals surface area contributed by atoms with Crippen LogP contribution in [-0.4, -0.2) is 116 Å². The van der Waals surface area contributed by atoms with Crippen LogP contribution in [0.25, 0.3) is 0 Å². The van der Waals surface area contributed by atoms with Gasteiger partial charge in [-0.2, -0.15) is 11.8 Å². The molecule has 0 aromatic heterocycles. The molecule has 2 aliphatic heterocycles. The summed E-state index contributed by atoms with van der Waals surface area (Å²) in [7, 11) is 0. The molecule has 0 unspecified atom stereocenters. The summed E-state index contributed by atoms with van der Waals surface area (Å²) >= 11 is 1.52. The molecule has 1 aromatic carbocycles. The topological polar surface area (TPSA) is 215 Å². The number of ketones is 1. The fourth-order valence-electron chi connectivity index (χ4n) is 9.57. The second kappa shape index (κ2) is 15.0. The summed E-state index contributed by atoms with van der Waals surface area (Å²) in [5.41, 5.74) is -6.77. The van der Waals surface area contributed by atoms with Crippen LogP contribution >= 0.6 is 11.8 Å². The van der Waals surface area contributed by atoms with Gasteiger partial charge in [0.25, 0.3) is 0 Å². The highest BCUT2D eigenvalue weighted by Gasteiger charge is 2.78. The van der Waals surface area contributed by atoms with Gasteiger partial charge in [0.1, 0.15) is 30.0 Å². The number of aliphatic hydroxyl groups excluding tert-OH is 3. The maximum absolute atomic E-state index is 14.8. The molecule has 3 bridgehead atoms. The average molecular weight is 774 g/mol. The van der Waals surface area contributed by atoms with Crippen molar-refractivity contribution in [2.75, 3.05) is 18.1 Å². The molecule has 4 fully saturated rings. The van der Waals surface area contributed by atoms with Gasteiger partial charge in [-0.05, 0) is 54.9 Å². The summed E-state index contributed by atoms with van der Waals surface area (Å²) in [6.45, 7) is 7.06. The van der Waals surface area contributed by atoms with E-state index in [2.05, 4.69) is 5.32 Å². The van der Waals surface area contributed by atoms with Crippen molar-refractivity contribution in [2.24, 2.45) is 16.7 Å². The minimum absolute atomic E-state index is 0.00909. The molecule has 1 amide bonds. The lowest BCUT2D eigenvalue weighted by Crippen LogP contribution is -2.81. The highest BCUT2D eigenvalue weighted by atomic mass is 32.2. The molecule has 11 atom stereocenters. The van der Waals surface area contributed by atoms with E-state index in [0.717, 1.165) is 0 Å². The summed E-state index contributed by atoms with van der Waals surface area (Å²) in [5.74, 6) is -4.18. The Balaban J connectivity index is 1.53. The first kappa shape index (κ1) is 40.3. The third-order valence-electron chi connectivity index (χ3n) is 12.6. The number of ether oxygens (including phenoxy) is 4. The number of aliphatic hydroxyl groups is 4. The van der Waals surface area contributed by atoms with E-state index in [9.17, 15) is 44.4 Å². The van der Waals surface area contributed by atoms with Crippen LogP contribution in [0.3, 0.4) is 0 Å². The molecule has 2 heterocycles. The van der Waals surface area contributed by atoms with Crippen LogP contribution < -0.4 is 5.32 Å². The lowest BCUT2D eigenvalue weighted by molar-refractivity contribution is -0.347. The van der Waals surface area contributed by atoms with E-state index in [-0.39, 0.29) is 37.0 Å². The van der Waals surface area contributed by atoms with Gasteiger partial charge < -0.3 is 44.7 Å². The maximum atomic E-state index is 14.8. The van der Waals surface area contributed by atoms with E-state index < -0.39 is 107 Å². The molecule has 2 saturated heterocycles. The van der Waals surface area contributed by atoms with Crippen LogP contribution in [-0.2, 0) is 42.9 Å². The molecule has 1 aromatic rings. The van der Waals surface area contributed by atoms with E-state index in [4.69, 9.17) is 18.9 Å². The van der Waals surface area contributed by atoms with Crippen molar-refractivity contribution in [3.63, 3.8) is 0 Å². The summed E-state index contributed by atoms with van der Waals surface area (Å²) in [6.07, 6.45) is -9.06. The maximum Gasteiger partial charge on any atom is 0.338 e. The zero-order chi connectivity index (χ0) is 39.4. The van der Waals surface area contributed by atoms with Gasteiger partial charge in [0.15, 0.2) is 17.5 Å². The van der Waals surface area contributed by atoms with E-state index in [1.807, 2.05) is 0 Å². The Morgan fingerprint density at radius 3 is 2.28 bits per heavy atom. The van der Waals surface area contributed by atoms with Crippen LogP contribution in [0.4, 0.5) is 0 Å². The number of rotatable bonds is 2. The number of hydrogen-bond donors (Lipinski definition) is 5. The number of carbonyl (C=O) groups is 5. The predicted octanol–water partition coefficient (Wildman–Crippen LogP) is 1.84. The molecule has 54 heavy (non-hydrogen) atoms. The molecule has 0 radical (unpaired) electrons. The van der Waals surface area contributed by atoms with Crippen LogP contribution in [0.15, 0.2) is 41.5 Å². The lowest BCUT2D eigenvalue weighted by Gasteiger charge is -2.67. The van der Waals surface area contributed by atoms with Gasteiger partial charge in [-0.25, -0.2) is 4.79 Å². The molecule has 14 nitrogen and oxygen atoms in total. The normalized spacial score (nSPS) is 40.5. The first-order valence-electron chi connectivity index (χ1n) is 18.6. The van der Waals surface area contributed by atoms with Crippen molar-refractivity contribution in [3.8, 4) is 0 Å². The van der Waals surface area contributed by atoms with Crippen LogP contribution in [0.2, 0.25) is 0 Å². The number of amides is 1. The molecule has 5 N–H and O–H groups in total. The Morgan fingerprint density at radius 1 is 0.981 bits per heavy atom. The molecule has 296 valence electrons. The minimum atomic E-state index is -2.25. The fourth-order valence-corrected chi connectivity index (χ4v) is 10.5. The Morgan fingerprint density at radius 2 is 1.65 bits per heavy atom. The lowest BCUT2D eigenvalue weighted by atomic mass is 9.44. The molecule has 0 spiro atoms. The number of nitrogens with one attached hydrogen (secondary N) is 1. The minimum Gasteiger partial charge on any atom is -0.459 e. The first-order valence-corrected chi connectivity index (χ1v) is 19.7. The number of fused-ring (bicyclic) bond motifs is 6. The van der Waals surface area contributed by atoms with Crippen LogP contribution in [0.1, 0.15) is 84.7 Å². The standard InChI is InChI=1S/C39H51NO13S/c1-20-23-18-39(49)34(32-37(5,33(47)30(45)28(20)36(39,3)4)24(42)17-25-38(32,19-50-25)53-21(2)41)52-27(44)14-10-16-54-15-9-13-26(43)40-29(31(46)35(48)51-23)22-11-7-6-8-12-22/h6-8,11-12,23-25,29-32,34,42,45-46,49H,9-10,13-19H2,1-5H3,(H,40,43)/t23-,24-,25+,29-,30+,31+,32-,34-,37+,38-,39+/m0/s1. The van der Waals surface area contributed by atoms with E-state index >= 15 is 0 Å². The second-order valence-electron chi connectivity index (χ2n) is 16.0. The molecule has 2 saturated carbocycles. The number of benzene rings is 1. The van der Waals surface area contributed by atoms with Gasteiger partial charge in [-0.1, -0.05) is 44.2 Å². The number of esters is 3. The third kappa shape index (κ3) is 6.57. The number of Topliss-reactive ketones (excluding diaryl/α,β-unsaturated/α-hetero) is 1. The van der Waals surface area contributed by atoms with E-state index in [0.29, 0.717) is 29.9 Å². The van der Waals surface area contributed by atoms with Gasteiger partial charge in [-0.15, -0.1) is 0 Å². The Hall–Kier alpha value is -3.34. The molecular weight excluding hydrogens is 722 g/mol. The molecule has 3 aliphatic carbocycles. The van der Waals surface area contributed by atoms with Crippen molar-refractivity contribution >= 4 is 41.4 Å². The van der Waals surface area contributed by atoms with Crippen molar-refractivity contribution in [1.82, 2.24) is 5.32 Å². The van der Waals surface area contributed by atoms with Gasteiger partial charge in [0.05, 0.1) is 30.1 Å². The summed E-state index contributed by atoms with van der Waals surface area (Å²) < 4.78 is 24.1. The smallest absolute Gasteiger partial charge is 0.338 e. The fraction of sp³-hybridized carbons (Fsp3) is 0.667. The van der Waals surface area contributed by atoms with E-state index in [1.165, 1.54) is 32.5 Å². The van der Waals surface area contributed by atoms with Crippen molar-refractivity contribution in [2.45, 2.75) is 127 Å². The molecule has 5 aliphatic rings. The summed E-state index contributed by atoms with van der Waals surface area (Å²) in [6, 6.07) is 7.24. The first-order chi connectivity index (χ1) is 25.4. The summed E-state index contributed by atoms with van der Waals surface area (Å²) in [4.78, 5) is 68.5. The Labute approximate surface area is 318 Å². The Kier molecular flexibility index (Phi) is 11.2. The van der Waals surface area contributed by atoms with Gasteiger partial charge >= 0.3 is 17.9 Å². The number of carbonyl (C=O) groups excluding carboxylic acids is 5. The molecule has 15 heteroatoms. The third-order valence-corrected chi connectivity index (χ3v) is 13.7. The average Bonchev–Trinajstić information content (AvgIpc) is 3.11. The molecule has 6 rings (SSSR count). The van der Waals surface area contributed by atoms with Crippen molar-refractivity contribution < 1.29 is 63.3 Å². The highest BCUT2D eigenvalue weighted by molar-refractivity contribution is 7.99. The van der Waals surface area contributed by atoms with Gasteiger partial charge in [0.2, 0.25) is 5.91 Å². The van der Waals surface area contributed by atoms with Crippen LogP contribution in [0, 0.1) is 16.7 Å². The SMILES string of the molecule is CC(=O)O[C@@]12CO[C@@H]1C[C@H](O)[C@@]1(C)C(=O)[C@H](O)C3=C(C)[C@@H]4C[C@@](O)([C@@H](OC(=O)CCCSCCCC(=O)N[C@@H](c5ccccc5)[C@@H](O)C(=O)O4)[C@H]21)C3(C)C. The van der Waals surface area contributed by atoms with E-state index in [1.54, 1.807) is 44.2 Å². The van der Waals surface area contributed by atoms with Crippen LogP contribution in [0.5, 0.6) is 0 Å². The zero-order valence-corrected chi connectivity index (χ0v) is 32.1. The van der Waals surface area contributed by atoms with Crippen molar-refractivity contribution in [1.29, 1.82) is 0 Å². The quantitative estimate of drug-likeness (QED) is 0.165. The van der Waals surface area contributed by atoms with Crippen molar-refractivity contribution in [3.05, 3.63) is 47.0 Å². The van der Waals surface area contributed by atoms with Gasteiger partial charge in [-0.3, -0.25) is 19.2 Å². The number of thioether (sulfide) groups is 1. The predicted molar refractivity (Wildman–Crippen MR) is 192 cm³/mol. The second-order valence-corrected chi connectivity index (χ2v) is 17.3. The number of hydrogen-bond acceptors (Lipinski definition) is 14.